The molecule has 2 fully saturated rings. The minimum atomic E-state index is -0.184. The number of hydrogen-bond acceptors (Lipinski definition) is 3. The number of piperidine rings is 1. The number of aryl methyl sites for hydroxylation is 1. The van der Waals surface area contributed by atoms with Crippen LogP contribution in [0.25, 0.3) is 10.9 Å². The van der Waals surface area contributed by atoms with Crippen molar-refractivity contribution in [3.8, 4) is 0 Å². The van der Waals surface area contributed by atoms with Gasteiger partial charge in [0.25, 0.3) is 0 Å². The normalized spacial score (nSPS) is 30.9. The number of likely N-dealkylation sites (tertiary alicyclic amines) is 1. The van der Waals surface area contributed by atoms with Gasteiger partial charge in [0, 0.05) is 48.2 Å². The number of fused-ring (bicyclic) bond motifs is 2. The maximum absolute atomic E-state index is 13.2. The Hall–Kier alpha value is -1.85. The fourth-order valence-corrected chi connectivity index (χ4v) is 6.36. The number of aliphatic hydroxyl groups is 1. The molecule has 0 bridgehead atoms. The summed E-state index contributed by atoms with van der Waals surface area (Å²) >= 11 is 0. The summed E-state index contributed by atoms with van der Waals surface area (Å²) in [5.41, 5.74) is 4.30. The number of nitrogens with one attached hydrogen (secondary N) is 1. The predicted molar refractivity (Wildman–Crippen MR) is 124 cm³/mol. The zero-order valence-corrected chi connectivity index (χ0v) is 19.0. The van der Waals surface area contributed by atoms with E-state index in [9.17, 15) is 9.90 Å². The number of amides is 1. The van der Waals surface area contributed by atoms with Gasteiger partial charge >= 0.3 is 0 Å². The summed E-state index contributed by atoms with van der Waals surface area (Å²) in [6, 6.07) is 7.50. The zero-order chi connectivity index (χ0) is 21.5. The second-order valence-corrected chi connectivity index (χ2v) is 10.2. The van der Waals surface area contributed by atoms with Crippen molar-refractivity contribution in [1.82, 2.24) is 14.8 Å². The van der Waals surface area contributed by atoms with Gasteiger partial charge in [0.1, 0.15) is 0 Å². The van der Waals surface area contributed by atoms with Crippen LogP contribution in [0.5, 0.6) is 0 Å². The maximum Gasteiger partial charge on any atom is 0.224 e. The number of hydrogen-bond donors (Lipinski definition) is 2. The fraction of sp³-hybridized carbons (Fsp3) is 0.654. The lowest BCUT2D eigenvalue weighted by Gasteiger charge is -2.45. The van der Waals surface area contributed by atoms with Gasteiger partial charge in [-0.05, 0) is 69.2 Å². The average molecular weight is 424 g/mol. The molecule has 1 amide bonds. The van der Waals surface area contributed by atoms with Crippen molar-refractivity contribution in [3.63, 3.8) is 0 Å². The topological polar surface area (TPSA) is 57.5 Å². The van der Waals surface area contributed by atoms with Gasteiger partial charge in [-0.2, -0.15) is 0 Å². The highest BCUT2D eigenvalue weighted by Gasteiger charge is 2.42. The van der Waals surface area contributed by atoms with Crippen LogP contribution in [0.2, 0.25) is 0 Å². The molecule has 2 N–H and O–H groups in total. The summed E-state index contributed by atoms with van der Waals surface area (Å²) in [6.45, 7) is 4.17. The molecule has 3 atom stereocenters. The Morgan fingerprint density at radius 1 is 1.23 bits per heavy atom. The van der Waals surface area contributed by atoms with Crippen molar-refractivity contribution < 1.29 is 9.90 Å². The predicted octanol–water partition coefficient (Wildman–Crippen LogP) is 3.82. The van der Waals surface area contributed by atoms with E-state index in [2.05, 4.69) is 53.2 Å². The monoisotopic (exact) mass is 423 g/mol. The Morgan fingerprint density at radius 3 is 2.81 bits per heavy atom. The highest BCUT2D eigenvalue weighted by atomic mass is 16.3. The van der Waals surface area contributed by atoms with Crippen LogP contribution in [-0.2, 0) is 17.8 Å². The first-order valence-electron chi connectivity index (χ1n) is 12.3. The van der Waals surface area contributed by atoms with Gasteiger partial charge in [-0.25, -0.2) is 0 Å². The van der Waals surface area contributed by atoms with Gasteiger partial charge in [-0.1, -0.05) is 25.5 Å². The number of aromatic nitrogens is 1. The molecule has 168 valence electrons. The van der Waals surface area contributed by atoms with E-state index in [4.69, 9.17) is 0 Å². The summed E-state index contributed by atoms with van der Waals surface area (Å²) in [6.07, 6.45) is 10.1. The fourth-order valence-electron chi connectivity index (χ4n) is 6.36. The van der Waals surface area contributed by atoms with E-state index >= 15 is 0 Å². The van der Waals surface area contributed by atoms with E-state index in [0.717, 1.165) is 51.6 Å². The number of nitrogens with zero attached hydrogens (tertiary/aromatic N) is 2. The number of unbranched alkanes of at least 4 members (excludes halogenated alkanes) is 1. The van der Waals surface area contributed by atoms with Gasteiger partial charge in [-0.15, -0.1) is 0 Å². The van der Waals surface area contributed by atoms with E-state index in [1.807, 2.05) is 0 Å². The second-order valence-electron chi connectivity index (χ2n) is 10.2. The Balaban J connectivity index is 1.37. The van der Waals surface area contributed by atoms with Crippen LogP contribution in [0.3, 0.4) is 0 Å². The molecule has 1 saturated carbocycles. The minimum absolute atomic E-state index is 0.0390. The molecule has 1 aliphatic heterocycles. The largest absolute Gasteiger partial charge is 0.393 e. The molecule has 1 saturated heterocycles. The third kappa shape index (κ3) is 3.91. The van der Waals surface area contributed by atoms with Crippen LogP contribution in [0.15, 0.2) is 24.4 Å². The highest BCUT2D eigenvalue weighted by molar-refractivity contribution is 5.89. The van der Waals surface area contributed by atoms with Crippen LogP contribution in [0.4, 0.5) is 0 Å². The van der Waals surface area contributed by atoms with Crippen molar-refractivity contribution in [2.45, 2.75) is 88.9 Å². The number of rotatable bonds is 5. The standard InChI is InChI=1S/C26H37N3O2/c1-3-4-12-29-16-17-14-24-22(21-6-5-7-23(29)25(17)21)13-18(15-28(24)2)26(31)27-19-8-10-20(30)11-9-19/h5-7,16,18-20,22,24,30H,3-4,8-15H2,1-2H3,(H,27,31)/t18-,19?,20?,22-,24-/m1/s1. The molecule has 5 heteroatoms. The van der Waals surface area contributed by atoms with Gasteiger partial charge in [0.2, 0.25) is 5.91 Å². The maximum atomic E-state index is 13.2. The Kier molecular flexibility index (Phi) is 5.82. The summed E-state index contributed by atoms with van der Waals surface area (Å²) < 4.78 is 2.46. The molecule has 1 aromatic carbocycles. The van der Waals surface area contributed by atoms with Crippen LogP contribution in [0.1, 0.15) is 68.9 Å². The smallest absolute Gasteiger partial charge is 0.224 e. The van der Waals surface area contributed by atoms with Crippen molar-refractivity contribution >= 4 is 16.8 Å². The molecule has 0 spiro atoms. The number of likely N-dealkylation sites (N-methyl/N-ethyl adjacent to an activating group) is 1. The lowest BCUT2D eigenvalue weighted by Crippen LogP contribution is -2.52. The van der Waals surface area contributed by atoms with Gasteiger partial charge < -0.3 is 19.9 Å². The van der Waals surface area contributed by atoms with Crippen molar-refractivity contribution in [3.05, 3.63) is 35.5 Å². The number of aliphatic hydroxyl groups excluding tert-OH is 1. The minimum Gasteiger partial charge on any atom is -0.393 e. The molecule has 2 aliphatic carbocycles. The zero-order valence-electron chi connectivity index (χ0n) is 19.0. The molecule has 2 aromatic rings. The molecule has 5 rings (SSSR count). The van der Waals surface area contributed by atoms with Gasteiger partial charge in [-0.3, -0.25) is 4.79 Å². The van der Waals surface area contributed by atoms with Gasteiger partial charge in [0.05, 0.1) is 12.0 Å². The molecule has 0 unspecified atom stereocenters. The third-order valence-electron chi connectivity index (χ3n) is 8.09. The highest BCUT2D eigenvalue weighted by Crippen LogP contribution is 2.45. The average Bonchev–Trinajstić information content (AvgIpc) is 3.13. The first-order chi connectivity index (χ1) is 15.0. The molecule has 5 nitrogen and oxygen atoms in total. The number of carbonyl (C=O) groups is 1. The SMILES string of the molecule is CCCCn1cc2c3c(cccc31)[C@H]1C[C@@H](C(=O)NC3CCC(O)CC3)CN(C)[C@@H]1C2. The Morgan fingerprint density at radius 2 is 2.03 bits per heavy atom. The molecule has 31 heavy (non-hydrogen) atoms. The Bertz CT molecular complexity index is 944. The van der Waals surface area contributed by atoms with Crippen LogP contribution < -0.4 is 5.32 Å². The Labute approximate surface area is 185 Å². The van der Waals surface area contributed by atoms with Crippen molar-refractivity contribution in [2.75, 3.05) is 13.6 Å². The number of benzene rings is 1. The summed E-state index contributed by atoms with van der Waals surface area (Å²) in [7, 11) is 2.20. The van der Waals surface area contributed by atoms with E-state index in [1.54, 1.807) is 0 Å². The van der Waals surface area contributed by atoms with Crippen LogP contribution in [0, 0.1) is 5.92 Å². The summed E-state index contributed by atoms with van der Waals surface area (Å²) in [5.74, 6) is 0.670. The van der Waals surface area contributed by atoms with Crippen LogP contribution >= 0.6 is 0 Å². The van der Waals surface area contributed by atoms with E-state index in [1.165, 1.54) is 34.9 Å². The van der Waals surface area contributed by atoms with E-state index in [0.29, 0.717) is 12.0 Å². The van der Waals surface area contributed by atoms with E-state index in [-0.39, 0.29) is 24.0 Å². The van der Waals surface area contributed by atoms with Crippen molar-refractivity contribution in [1.29, 1.82) is 0 Å². The molecule has 0 radical (unpaired) electrons. The first kappa shape index (κ1) is 21.0. The molecular weight excluding hydrogens is 386 g/mol. The third-order valence-corrected chi connectivity index (χ3v) is 8.09. The quantitative estimate of drug-likeness (QED) is 0.769. The molecule has 1 aromatic heterocycles. The molecule has 2 heterocycles. The lowest BCUT2D eigenvalue weighted by atomic mass is 9.72. The second kappa shape index (κ2) is 8.59. The first-order valence-corrected chi connectivity index (χ1v) is 12.3. The van der Waals surface area contributed by atoms with E-state index < -0.39 is 0 Å². The van der Waals surface area contributed by atoms with Crippen molar-refractivity contribution in [2.24, 2.45) is 5.92 Å². The van der Waals surface area contributed by atoms with Crippen LogP contribution in [-0.4, -0.2) is 52.3 Å². The molecule has 3 aliphatic rings. The lowest BCUT2D eigenvalue weighted by molar-refractivity contribution is -0.128. The number of carbonyl (C=O) groups excluding carboxylic acids is 1. The van der Waals surface area contributed by atoms with Gasteiger partial charge in [0.15, 0.2) is 0 Å². The summed E-state index contributed by atoms with van der Waals surface area (Å²) in [5, 5.41) is 14.5. The summed E-state index contributed by atoms with van der Waals surface area (Å²) in [4.78, 5) is 15.6. The molecular formula is C26H37N3O2.